The third-order valence-electron chi connectivity index (χ3n) is 9.33. The molecule has 44 heavy (non-hydrogen) atoms. The van der Waals surface area contributed by atoms with Crippen LogP contribution >= 0.6 is 0 Å². The van der Waals surface area contributed by atoms with Crippen LogP contribution in [-0.4, -0.2) is 57.3 Å². The summed E-state index contributed by atoms with van der Waals surface area (Å²) in [6.45, 7) is 8.05. The van der Waals surface area contributed by atoms with Gasteiger partial charge in [-0.05, 0) is 51.4 Å². The first-order chi connectivity index (χ1) is 21.2. The van der Waals surface area contributed by atoms with Gasteiger partial charge in [-0.3, -0.25) is 4.48 Å². The Kier molecular flexibility index (Phi) is 26.2. The molecule has 0 aromatic heterocycles. The van der Waals surface area contributed by atoms with E-state index in [-0.39, 0.29) is 25.8 Å². The summed E-state index contributed by atoms with van der Waals surface area (Å²) in [6, 6.07) is -3.36. The van der Waals surface area contributed by atoms with Gasteiger partial charge < -0.3 is 20.1 Å². The van der Waals surface area contributed by atoms with Gasteiger partial charge in [0, 0.05) is 19.3 Å². The first-order valence-corrected chi connectivity index (χ1v) is 18.4. The van der Waals surface area contributed by atoms with Crippen LogP contribution in [0.2, 0.25) is 0 Å². The molecule has 0 fully saturated rings. The third-order valence-corrected chi connectivity index (χ3v) is 9.33. The van der Waals surface area contributed by atoms with Crippen molar-refractivity contribution in [1.82, 2.24) is 0 Å². The van der Waals surface area contributed by atoms with Crippen LogP contribution in [0.4, 0.5) is 0 Å². The van der Waals surface area contributed by atoms with Crippen LogP contribution in [0.25, 0.3) is 0 Å². The van der Waals surface area contributed by atoms with Crippen molar-refractivity contribution >= 4 is 17.9 Å². The van der Waals surface area contributed by atoms with Crippen molar-refractivity contribution in [3.05, 3.63) is 12.2 Å². The molecule has 0 spiro atoms. The Bertz CT molecular complexity index is 707. The molecule has 7 nitrogen and oxygen atoms in total. The maximum absolute atomic E-state index is 12.6. The van der Waals surface area contributed by atoms with Crippen LogP contribution < -0.4 is 5.11 Å². The van der Waals surface area contributed by atoms with Crippen molar-refractivity contribution in [2.45, 2.75) is 200 Å². The average Bonchev–Trinajstić information content (AvgIpc) is 2.98. The molecule has 0 bridgehead atoms. The molecule has 0 heterocycles. The Morgan fingerprint density at radius 3 is 1.20 bits per heavy atom. The second-order valence-corrected chi connectivity index (χ2v) is 13.0. The van der Waals surface area contributed by atoms with Gasteiger partial charge in [-0.1, -0.05) is 123 Å². The molecule has 0 aliphatic carbocycles. The van der Waals surface area contributed by atoms with Gasteiger partial charge in [0.25, 0.3) is 0 Å². The fourth-order valence-electron chi connectivity index (χ4n) is 6.97. The van der Waals surface area contributed by atoms with E-state index in [9.17, 15) is 29.7 Å². The fourth-order valence-corrected chi connectivity index (χ4v) is 6.97. The first-order valence-electron chi connectivity index (χ1n) is 18.4. The number of carbonyl (C=O) groups excluding carboxylic acids is 1. The molecule has 0 aromatic carbocycles. The number of aliphatic carboxylic acids is 3. The maximum Gasteiger partial charge on any atom is 0.362 e. The lowest BCUT2D eigenvalue weighted by molar-refractivity contribution is -0.975. The number of unbranched alkanes of at least 4 members (excludes halogenated alkanes) is 16. The second kappa shape index (κ2) is 27.4. The van der Waals surface area contributed by atoms with Crippen molar-refractivity contribution in [2.24, 2.45) is 0 Å². The molecule has 258 valence electrons. The SMILES string of the molecule is CCCCCCCCCCCCCCC/C=C/CCCCC[N+](C(CCC)C(=O)[O-])(C(CCC)C(=O)O)C(CCC)C(=O)O. The van der Waals surface area contributed by atoms with Crippen molar-refractivity contribution in [2.75, 3.05) is 6.54 Å². The lowest BCUT2D eigenvalue weighted by atomic mass is 9.91. The summed E-state index contributed by atoms with van der Waals surface area (Å²) < 4.78 is -0.447. The third kappa shape index (κ3) is 17.0. The normalized spacial score (nSPS) is 15.2. The Morgan fingerprint density at radius 1 is 0.523 bits per heavy atom. The van der Waals surface area contributed by atoms with Gasteiger partial charge in [-0.25, -0.2) is 9.59 Å². The predicted octanol–water partition coefficient (Wildman–Crippen LogP) is 8.83. The highest BCUT2D eigenvalue weighted by Gasteiger charge is 2.54. The van der Waals surface area contributed by atoms with Crippen molar-refractivity contribution in [3.8, 4) is 0 Å². The number of carboxylic acids is 3. The second-order valence-electron chi connectivity index (χ2n) is 13.0. The number of nitrogens with zero attached hydrogens (tertiary/aromatic N) is 1. The fraction of sp³-hybridized carbons (Fsp3) is 0.865. The van der Waals surface area contributed by atoms with Gasteiger partial charge in [-0.2, -0.15) is 0 Å². The molecule has 0 saturated carbocycles. The molecule has 0 aliphatic rings. The van der Waals surface area contributed by atoms with Gasteiger partial charge in [-0.15, -0.1) is 0 Å². The summed E-state index contributed by atoms with van der Waals surface area (Å²) in [6.07, 6.45) is 28.7. The van der Waals surface area contributed by atoms with Crippen LogP contribution in [0.1, 0.15) is 182 Å². The molecule has 0 radical (unpaired) electrons. The van der Waals surface area contributed by atoms with E-state index in [1.54, 1.807) is 0 Å². The zero-order chi connectivity index (χ0) is 33.1. The van der Waals surface area contributed by atoms with Gasteiger partial charge in [0.2, 0.25) is 0 Å². The molecule has 3 unspecified atom stereocenters. The number of carboxylic acid groups (broad SMARTS) is 3. The summed E-state index contributed by atoms with van der Waals surface area (Å²) >= 11 is 0. The van der Waals surface area contributed by atoms with Gasteiger partial charge in [0.1, 0.15) is 6.04 Å². The smallest absolute Gasteiger partial charge is 0.362 e. The Balaban J connectivity index is 4.80. The monoisotopic (exact) mass is 624 g/mol. The molecular formula is C37H69NO6. The Labute approximate surface area is 270 Å². The van der Waals surface area contributed by atoms with E-state index >= 15 is 0 Å². The van der Waals surface area contributed by atoms with E-state index in [0.717, 1.165) is 25.7 Å². The Morgan fingerprint density at radius 2 is 0.864 bits per heavy atom. The van der Waals surface area contributed by atoms with E-state index in [1.807, 2.05) is 20.8 Å². The maximum atomic E-state index is 12.6. The molecule has 0 amide bonds. The van der Waals surface area contributed by atoms with Crippen LogP contribution in [-0.2, 0) is 14.4 Å². The molecular weight excluding hydrogens is 554 g/mol. The summed E-state index contributed by atoms with van der Waals surface area (Å²) in [7, 11) is 0. The summed E-state index contributed by atoms with van der Waals surface area (Å²) in [4.78, 5) is 37.6. The molecule has 0 saturated heterocycles. The van der Waals surface area contributed by atoms with Crippen LogP contribution in [0.5, 0.6) is 0 Å². The molecule has 0 aromatic rings. The lowest BCUT2D eigenvalue weighted by Gasteiger charge is -2.52. The summed E-state index contributed by atoms with van der Waals surface area (Å²) in [5.74, 6) is -3.58. The van der Waals surface area contributed by atoms with Gasteiger partial charge >= 0.3 is 11.9 Å². The van der Waals surface area contributed by atoms with Crippen molar-refractivity contribution in [1.29, 1.82) is 0 Å². The number of carbonyl (C=O) groups is 3. The number of allylic oxidation sites excluding steroid dienone is 2. The number of hydrogen-bond donors (Lipinski definition) is 2. The molecule has 7 heteroatoms. The molecule has 3 atom stereocenters. The molecule has 0 rings (SSSR count). The largest absolute Gasteiger partial charge is 0.544 e. The van der Waals surface area contributed by atoms with Crippen molar-refractivity contribution in [3.63, 3.8) is 0 Å². The van der Waals surface area contributed by atoms with Crippen LogP contribution in [0.3, 0.4) is 0 Å². The standard InChI is InChI=1S/C37H69NO6/c1-5-9-10-11-12-13-14-15-16-17-18-19-20-21-22-23-24-25-26-27-31-38(32(28-6-2)35(39)40,33(29-7-3)36(41)42)34(30-8-4)37(43)44/h22-23,32-34H,5-21,24-31H2,1-4H3,(H2-,39,40,41,42,43,44)/b23-22+. The topological polar surface area (TPSA) is 115 Å². The summed E-state index contributed by atoms with van der Waals surface area (Å²) in [5, 5.41) is 33.0. The van der Waals surface area contributed by atoms with Crippen LogP contribution in [0, 0.1) is 0 Å². The molecule has 0 aliphatic heterocycles. The van der Waals surface area contributed by atoms with E-state index in [1.165, 1.54) is 83.5 Å². The number of hydrogen-bond acceptors (Lipinski definition) is 4. The van der Waals surface area contributed by atoms with E-state index < -0.39 is 40.5 Å². The van der Waals surface area contributed by atoms with E-state index in [0.29, 0.717) is 25.7 Å². The highest BCUT2D eigenvalue weighted by atomic mass is 16.4. The van der Waals surface area contributed by atoms with E-state index in [4.69, 9.17) is 0 Å². The highest BCUT2D eigenvalue weighted by molar-refractivity contribution is 5.77. The quantitative estimate of drug-likeness (QED) is 0.0439. The van der Waals surface area contributed by atoms with Crippen molar-refractivity contribution < 1.29 is 34.2 Å². The average molecular weight is 624 g/mol. The first kappa shape index (κ1) is 42.1. The minimum Gasteiger partial charge on any atom is -0.544 e. The lowest BCUT2D eigenvalue weighted by Crippen LogP contribution is -2.74. The van der Waals surface area contributed by atoms with Crippen LogP contribution in [0.15, 0.2) is 12.2 Å². The minimum absolute atomic E-state index is 0.200. The van der Waals surface area contributed by atoms with E-state index in [2.05, 4.69) is 19.1 Å². The zero-order valence-corrected chi connectivity index (χ0v) is 29.0. The Hall–Kier alpha value is -1.89. The number of quaternary nitrogens is 1. The van der Waals surface area contributed by atoms with Gasteiger partial charge in [0.15, 0.2) is 12.1 Å². The highest BCUT2D eigenvalue weighted by Crippen LogP contribution is 2.34. The number of rotatable bonds is 32. The predicted molar refractivity (Wildman–Crippen MR) is 179 cm³/mol. The summed E-state index contributed by atoms with van der Waals surface area (Å²) in [5.41, 5.74) is 0. The molecule has 2 N–H and O–H groups in total. The van der Waals surface area contributed by atoms with Gasteiger partial charge in [0.05, 0.1) is 12.5 Å². The minimum atomic E-state index is -1.34. The zero-order valence-electron chi connectivity index (χ0n) is 29.0.